The molecule has 2 fully saturated rings. The number of aromatic hydroxyl groups is 1. The van der Waals surface area contributed by atoms with Crippen LogP contribution in [-0.4, -0.2) is 56.8 Å². The van der Waals surface area contributed by atoms with E-state index in [1.807, 2.05) is 20.8 Å². The number of rotatable bonds is 5. The third-order valence-electron chi connectivity index (χ3n) is 6.11. The monoisotopic (exact) mass is 504 g/mol. The van der Waals surface area contributed by atoms with Gasteiger partial charge in [-0.05, 0) is 71.9 Å². The Bertz CT molecular complexity index is 887. The first-order valence-corrected chi connectivity index (χ1v) is 12.7. The number of ether oxygens (including phenoxy) is 2. The van der Waals surface area contributed by atoms with E-state index in [9.17, 15) is 14.5 Å². The Morgan fingerprint density at radius 2 is 2.00 bits per heavy atom. The van der Waals surface area contributed by atoms with Crippen molar-refractivity contribution in [1.82, 2.24) is 9.62 Å². The molecule has 1 aromatic rings. The minimum atomic E-state index is -1.51. The summed E-state index contributed by atoms with van der Waals surface area (Å²) in [6, 6.07) is 0.693. The Morgan fingerprint density at radius 1 is 1.39 bits per heavy atom. The van der Waals surface area contributed by atoms with Crippen molar-refractivity contribution in [3.8, 4) is 5.75 Å². The second kappa shape index (κ2) is 9.87. The van der Waals surface area contributed by atoms with Crippen LogP contribution < -0.4 is 4.72 Å². The lowest BCUT2D eigenvalue weighted by molar-refractivity contribution is -0.161. The summed E-state index contributed by atoms with van der Waals surface area (Å²) in [5.74, 6) is -2.03. The zero-order valence-corrected chi connectivity index (χ0v) is 21.6. The van der Waals surface area contributed by atoms with E-state index in [1.54, 1.807) is 25.7 Å². The van der Waals surface area contributed by atoms with Crippen LogP contribution in [0.5, 0.6) is 5.75 Å². The van der Waals surface area contributed by atoms with E-state index in [1.165, 1.54) is 6.07 Å². The number of benzene rings is 1. The summed E-state index contributed by atoms with van der Waals surface area (Å²) in [5, 5.41) is 10.5. The lowest BCUT2D eigenvalue weighted by Gasteiger charge is -2.38. The number of phenols is 1. The summed E-state index contributed by atoms with van der Waals surface area (Å²) < 4.78 is 41.8. The van der Waals surface area contributed by atoms with E-state index >= 15 is 4.39 Å². The minimum Gasteiger partial charge on any atom is -0.598 e. The average Bonchev–Trinajstić information content (AvgIpc) is 3.10. The highest BCUT2D eigenvalue weighted by molar-refractivity contribution is 7.90. The third-order valence-corrected chi connectivity index (χ3v) is 8.16. The van der Waals surface area contributed by atoms with Crippen LogP contribution >= 0.6 is 11.6 Å². The van der Waals surface area contributed by atoms with Crippen LogP contribution in [0, 0.1) is 18.7 Å². The van der Waals surface area contributed by atoms with Crippen molar-refractivity contribution in [3.63, 3.8) is 0 Å². The van der Waals surface area contributed by atoms with E-state index in [-0.39, 0.29) is 34.8 Å². The van der Waals surface area contributed by atoms with Gasteiger partial charge in [0.25, 0.3) is 5.91 Å². The molecule has 186 valence electrons. The molecule has 2 saturated heterocycles. The SMILES string of the molecule is Cc1cc(O)c([C@H](N[S@@+]([O-])C(C)(C)C)C2CCN(C(=O)[C@H]3COC(C)(C)O3)CC2)c(F)c1Cl. The highest BCUT2D eigenvalue weighted by atomic mass is 35.5. The third kappa shape index (κ3) is 5.94. The van der Waals surface area contributed by atoms with Crippen LogP contribution in [0.25, 0.3) is 0 Å². The first-order chi connectivity index (χ1) is 15.2. The number of carbonyl (C=O) groups excluding carboxylic acids is 1. The van der Waals surface area contributed by atoms with Gasteiger partial charge in [-0.1, -0.05) is 11.6 Å². The number of nitrogens with zero attached hydrogens (tertiary/aromatic N) is 1. The molecule has 33 heavy (non-hydrogen) atoms. The van der Waals surface area contributed by atoms with Crippen molar-refractivity contribution in [3.05, 3.63) is 28.0 Å². The normalized spacial score (nSPS) is 23.5. The fourth-order valence-electron chi connectivity index (χ4n) is 4.19. The van der Waals surface area contributed by atoms with Crippen molar-refractivity contribution in [1.29, 1.82) is 0 Å². The van der Waals surface area contributed by atoms with Gasteiger partial charge in [0.05, 0.1) is 23.2 Å². The second-order valence-corrected chi connectivity index (χ2v) is 12.6. The van der Waals surface area contributed by atoms with Crippen molar-refractivity contribution >= 4 is 28.9 Å². The lowest BCUT2D eigenvalue weighted by atomic mass is 9.85. The van der Waals surface area contributed by atoms with E-state index in [4.69, 9.17) is 21.1 Å². The van der Waals surface area contributed by atoms with Crippen LogP contribution in [0.15, 0.2) is 6.07 Å². The van der Waals surface area contributed by atoms with Crippen molar-refractivity contribution < 1.29 is 28.3 Å². The molecule has 3 atom stereocenters. The number of hydrogen-bond donors (Lipinski definition) is 2. The van der Waals surface area contributed by atoms with Crippen molar-refractivity contribution in [2.24, 2.45) is 5.92 Å². The van der Waals surface area contributed by atoms with Gasteiger partial charge in [0.2, 0.25) is 0 Å². The Hall–Kier alpha value is -1.10. The second-order valence-electron chi connectivity index (χ2n) is 10.2. The molecular weight excluding hydrogens is 471 g/mol. The zero-order chi connectivity index (χ0) is 24.7. The highest BCUT2D eigenvalue weighted by Crippen LogP contribution is 2.41. The summed E-state index contributed by atoms with van der Waals surface area (Å²) in [6.07, 6.45) is 0.425. The number of nitrogens with one attached hydrogen (secondary N) is 1. The Kier molecular flexibility index (Phi) is 7.93. The van der Waals surface area contributed by atoms with E-state index in [0.717, 1.165) is 0 Å². The molecule has 2 N–H and O–H groups in total. The lowest BCUT2D eigenvalue weighted by Crippen LogP contribution is -2.48. The molecule has 2 aliphatic heterocycles. The van der Waals surface area contributed by atoms with E-state index in [2.05, 4.69) is 4.72 Å². The van der Waals surface area contributed by atoms with E-state index < -0.39 is 39.9 Å². The molecular formula is C23H34ClFN2O5S. The number of likely N-dealkylation sites (tertiary alicyclic amines) is 1. The zero-order valence-electron chi connectivity index (χ0n) is 20.0. The predicted octanol–water partition coefficient (Wildman–Crippen LogP) is 3.98. The molecule has 0 aliphatic carbocycles. The number of piperidine rings is 1. The van der Waals surface area contributed by atoms with Gasteiger partial charge in [0, 0.05) is 24.5 Å². The van der Waals surface area contributed by atoms with Crippen LogP contribution in [0.1, 0.15) is 64.6 Å². The largest absolute Gasteiger partial charge is 0.598 e. The fraction of sp³-hybridized carbons (Fsp3) is 0.696. The van der Waals surface area contributed by atoms with Gasteiger partial charge in [-0.3, -0.25) is 4.79 Å². The maximum absolute atomic E-state index is 15.2. The summed E-state index contributed by atoms with van der Waals surface area (Å²) in [5.41, 5.74) is 0.440. The predicted molar refractivity (Wildman–Crippen MR) is 126 cm³/mol. The van der Waals surface area contributed by atoms with E-state index in [0.29, 0.717) is 31.5 Å². The summed E-state index contributed by atoms with van der Waals surface area (Å²) >= 11 is 4.64. The molecule has 10 heteroatoms. The topological polar surface area (TPSA) is 94.1 Å². The summed E-state index contributed by atoms with van der Waals surface area (Å²) in [7, 11) is 0. The van der Waals surface area contributed by atoms with Crippen molar-refractivity contribution in [2.45, 2.75) is 77.1 Å². The molecule has 2 heterocycles. The number of aryl methyl sites for hydroxylation is 1. The standard InChI is InChI=1S/C23H34ClFN2O5S/c1-13-11-15(28)17(19(25)18(13)24)20(26-33(30)22(2,3)4)14-7-9-27(10-8-14)21(29)16-12-31-23(5,6)32-16/h11,14,16,20,26,28H,7-10,12H2,1-6H3/t16-,20-,33+/m1/s1. The molecule has 0 saturated carbocycles. The summed E-state index contributed by atoms with van der Waals surface area (Å²) in [4.78, 5) is 14.6. The quantitative estimate of drug-likeness (QED) is 0.589. The molecule has 3 rings (SSSR count). The van der Waals surface area contributed by atoms with Gasteiger partial charge in [-0.15, -0.1) is 4.72 Å². The van der Waals surface area contributed by atoms with Gasteiger partial charge in [0.1, 0.15) is 10.5 Å². The van der Waals surface area contributed by atoms with Gasteiger partial charge in [-0.2, -0.15) is 0 Å². The number of halogens is 2. The Balaban J connectivity index is 1.80. The molecule has 1 aromatic carbocycles. The molecule has 0 unspecified atom stereocenters. The molecule has 7 nitrogen and oxygen atoms in total. The molecule has 0 radical (unpaired) electrons. The average molecular weight is 505 g/mol. The van der Waals surface area contributed by atoms with Crippen LogP contribution in [0.3, 0.4) is 0 Å². The molecule has 0 spiro atoms. The van der Waals surface area contributed by atoms with Gasteiger partial charge in [0.15, 0.2) is 17.7 Å². The number of carbonyl (C=O) groups is 1. The minimum absolute atomic E-state index is 0.0160. The number of phenolic OH excluding ortho intramolecular Hbond substituents is 1. The Labute approximate surface area is 203 Å². The fourth-order valence-corrected chi connectivity index (χ4v) is 5.25. The van der Waals surface area contributed by atoms with Gasteiger partial charge in [-0.25, -0.2) is 4.39 Å². The Morgan fingerprint density at radius 3 is 2.52 bits per heavy atom. The molecule has 0 aromatic heterocycles. The molecule has 0 bridgehead atoms. The number of hydrogen-bond acceptors (Lipinski definition) is 6. The first kappa shape index (κ1) is 26.5. The molecule has 2 aliphatic rings. The smallest absolute Gasteiger partial charge is 0.254 e. The summed E-state index contributed by atoms with van der Waals surface area (Å²) in [6.45, 7) is 11.7. The van der Waals surface area contributed by atoms with Crippen LogP contribution in [-0.2, 0) is 25.6 Å². The van der Waals surface area contributed by atoms with Crippen molar-refractivity contribution in [2.75, 3.05) is 19.7 Å². The maximum Gasteiger partial charge on any atom is 0.254 e. The first-order valence-electron chi connectivity index (χ1n) is 11.2. The van der Waals surface area contributed by atoms with Gasteiger partial charge < -0.3 is 24.0 Å². The van der Waals surface area contributed by atoms with Gasteiger partial charge >= 0.3 is 0 Å². The highest BCUT2D eigenvalue weighted by Gasteiger charge is 2.42. The van der Waals surface area contributed by atoms with Crippen LogP contribution in [0.4, 0.5) is 4.39 Å². The molecule has 1 amide bonds. The number of amides is 1. The maximum atomic E-state index is 15.2. The van der Waals surface area contributed by atoms with Crippen LogP contribution in [0.2, 0.25) is 5.02 Å².